The maximum atomic E-state index is 12.9. The van der Waals surface area contributed by atoms with Gasteiger partial charge in [-0.05, 0) is 48.6 Å². The molecule has 2 heterocycles. The molecule has 0 saturated carbocycles. The maximum Gasteiger partial charge on any atom is 0.314 e. The maximum absolute atomic E-state index is 12.9. The first-order valence-corrected chi connectivity index (χ1v) is 10.0. The number of fused-ring (bicyclic) bond motifs is 1. The van der Waals surface area contributed by atoms with Gasteiger partial charge < -0.3 is 15.5 Å². The fourth-order valence-electron chi connectivity index (χ4n) is 3.87. The van der Waals surface area contributed by atoms with E-state index in [2.05, 4.69) is 26.8 Å². The van der Waals surface area contributed by atoms with E-state index in [1.165, 1.54) is 16.9 Å². The van der Waals surface area contributed by atoms with Crippen LogP contribution in [-0.4, -0.2) is 47.9 Å². The summed E-state index contributed by atoms with van der Waals surface area (Å²) in [5.74, 6) is 0.790. The van der Waals surface area contributed by atoms with Crippen molar-refractivity contribution in [2.45, 2.75) is 46.5 Å². The molecule has 0 aromatic carbocycles. The van der Waals surface area contributed by atoms with Crippen LogP contribution in [0.15, 0.2) is 6.07 Å². The average molecular weight is 364 g/mol. The minimum absolute atomic E-state index is 0.109. The molecule has 6 heteroatoms. The molecule has 1 aliphatic heterocycles. The van der Waals surface area contributed by atoms with E-state index in [0.717, 1.165) is 24.1 Å². The van der Waals surface area contributed by atoms with Gasteiger partial charge in [-0.25, -0.2) is 4.79 Å². The van der Waals surface area contributed by atoms with Crippen molar-refractivity contribution in [3.63, 3.8) is 0 Å². The molecule has 0 bridgehead atoms. The van der Waals surface area contributed by atoms with E-state index in [-0.39, 0.29) is 5.91 Å². The summed E-state index contributed by atoms with van der Waals surface area (Å²) in [6, 6.07) is 1.73. The molecule has 1 saturated heterocycles. The first kappa shape index (κ1) is 18.2. The van der Waals surface area contributed by atoms with Crippen molar-refractivity contribution >= 4 is 23.3 Å². The summed E-state index contributed by atoms with van der Waals surface area (Å²) in [7, 11) is 0. The monoisotopic (exact) mass is 363 g/mol. The second kappa shape index (κ2) is 6.98. The molecular weight excluding hydrogens is 334 g/mol. The lowest BCUT2D eigenvalue weighted by molar-refractivity contribution is 0.0767. The van der Waals surface area contributed by atoms with Crippen LogP contribution in [0.2, 0.25) is 0 Å². The van der Waals surface area contributed by atoms with Gasteiger partial charge in [0.25, 0.3) is 5.91 Å². The highest BCUT2D eigenvalue weighted by Gasteiger charge is 2.31. The van der Waals surface area contributed by atoms with Gasteiger partial charge in [-0.1, -0.05) is 20.8 Å². The van der Waals surface area contributed by atoms with Crippen LogP contribution in [-0.2, 0) is 12.8 Å². The number of hydrogen-bond acceptors (Lipinski definition) is 3. The van der Waals surface area contributed by atoms with Crippen LogP contribution in [0.1, 0.15) is 53.7 Å². The molecule has 1 aromatic heterocycles. The van der Waals surface area contributed by atoms with E-state index in [4.69, 9.17) is 5.73 Å². The predicted molar refractivity (Wildman–Crippen MR) is 101 cm³/mol. The largest absolute Gasteiger partial charge is 0.351 e. The first-order valence-electron chi connectivity index (χ1n) is 9.21. The number of primary amides is 1. The highest BCUT2D eigenvalue weighted by molar-refractivity contribution is 7.14. The molecule has 0 spiro atoms. The molecule has 3 amide bonds. The quantitative estimate of drug-likeness (QED) is 0.833. The van der Waals surface area contributed by atoms with Crippen LogP contribution >= 0.6 is 11.3 Å². The minimum atomic E-state index is -0.394. The van der Waals surface area contributed by atoms with Gasteiger partial charge >= 0.3 is 6.03 Å². The molecule has 0 unspecified atom stereocenters. The van der Waals surface area contributed by atoms with Gasteiger partial charge in [-0.15, -0.1) is 11.3 Å². The van der Waals surface area contributed by atoms with Crippen molar-refractivity contribution in [3.8, 4) is 0 Å². The van der Waals surface area contributed by atoms with Crippen molar-refractivity contribution in [2.75, 3.05) is 26.2 Å². The number of urea groups is 1. The van der Waals surface area contributed by atoms with E-state index in [0.29, 0.717) is 37.5 Å². The summed E-state index contributed by atoms with van der Waals surface area (Å²) >= 11 is 1.67. The fourth-order valence-corrected chi connectivity index (χ4v) is 5.04. The number of nitrogens with two attached hydrogens (primary N) is 1. The number of thiophene rings is 1. The molecule has 1 aromatic rings. The Labute approximate surface area is 154 Å². The Morgan fingerprint density at radius 1 is 1.16 bits per heavy atom. The molecular formula is C19H29N3O2S. The Bertz CT molecular complexity index is 662. The number of aryl methyl sites for hydroxylation is 1. The van der Waals surface area contributed by atoms with Crippen LogP contribution < -0.4 is 5.73 Å². The van der Waals surface area contributed by atoms with Crippen molar-refractivity contribution in [1.29, 1.82) is 0 Å². The van der Waals surface area contributed by atoms with Crippen LogP contribution in [0.5, 0.6) is 0 Å². The lowest BCUT2D eigenvalue weighted by Crippen LogP contribution is -2.39. The predicted octanol–water partition coefficient (Wildman–Crippen LogP) is 3.13. The fraction of sp³-hybridized carbons (Fsp3) is 0.684. The lowest BCUT2D eigenvalue weighted by Gasteiger charge is -2.33. The molecule has 1 aliphatic carbocycles. The Hall–Kier alpha value is -1.56. The number of carbonyl (C=O) groups is 2. The minimum Gasteiger partial charge on any atom is -0.351 e. The molecule has 2 N–H and O–H groups in total. The van der Waals surface area contributed by atoms with E-state index < -0.39 is 6.03 Å². The smallest absolute Gasteiger partial charge is 0.314 e. The molecule has 5 nitrogen and oxygen atoms in total. The molecule has 0 radical (unpaired) electrons. The third-order valence-corrected chi connectivity index (χ3v) is 6.84. The van der Waals surface area contributed by atoms with Gasteiger partial charge in [0.1, 0.15) is 0 Å². The molecule has 138 valence electrons. The summed E-state index contributed by atoms with van der Waals surface area (Å²) in [4.78, 5) is 30.0. The second-order valence-corrected chi connectivity index (χ2v) is 9.47. The van der Waals surface area contributed by atoms with Crippen LogP contribution in [0.3, 0.4) is 0 Å². The molecule has 3 rings (SSSR count). The molecule has 1 fully saturated rings. The van der Waals surface area contributed by atoms with Crippen molar-refractivity contribution in [1.82, 2.24) is 9.80 Å². The van der Waals surface area contributed by atoms with E-state index in [1.54, 1.807) is 16.2 Å². The summed E-state index contributed by atoms with van der Waals surface area (Å²) in [5.41, 5.74) is 7.05. The second-order valence-electron chi connectivity index (χ2n) is 8.34. The Morgan fingerprint density at radius 3 is 2.52 bits per heavy atom. The number of hydrogen-bond donors (Lipinski definition) is 1. The standard InChI is InChI=1S/C19H29N3O2S/c1-19(2,3)14-5-6-15-13(11-14)12-16(25-15)17(23)21-7-4-8-22(10-9-21)18(20)24/h12,14H,4-11H2,1-3H3,(H2,20,24)/t14-/m0/s1. The van der Waals surface area contributed by atoms with Gasteiger partial charge in [0.15, 0.2) is 0 Å². The molecule has 2 aliphatic rings. The SMILES string of the molecule is CC(C)(C)[C@H]1CCc2sc(C(=O)N3CCCN(C(N)=O)CC3)cc2C1. The number of amides is 3. The van der Waals surface area contributed by atoms with E-state index in [9.17, 15) is 9.59 Å². The van der Waals surface area contributed by atoms with Gasteiger partial charge in [0.2, 0.25) is 0 Å². The topological polar surface area (TPSA) is 66.6 Å². The third-order valence-electron chi connectivity index (χ3n) is 5.61. The number of nitrogens with zero attached hydrogens (tertiary/aromatic N) is 2. The van der Waals surface area contributed by atoms with E-state index >= 15 is 0 Å². The highest BCUT2D eigenvalue weighted by Crippen LogP contribution is 2.40. The normalized spacial score (nSPS) is 21.6. The van der Waals surface area contributed by atoms with Crippen LogP contribution in [0.4, 0.5) is 4.79 Å². The molecule has 25 heavy (non-hydrogen) atoms. The summed E-state index contributed by atoms with van der Waals surface area (Å²) in [6.45, 7) is 9.34. The Kier molecular flexibility index (Phi) is 5.09. The van der Waals surface area contributed by atoms with Gasteiger partial charge in [0.05, 0.1) is 4.88 Å². The van der Waals surface area contributed by atoms with Gasteiger partial charge in [0, 0.05) is 31.1 Å². The van der Waals surface area contributed by atoms with Crippen molar-refractivity contribution in [2.24, 2.45) is 17.1 Å². The summed E-state index contributed by atoms with van der Waals surface area (Å²) < 4.78 is 0. The van der Waals surface area contributed by atoms with Gasteiger partial charge in [-0.3, -0.25) is 4.79 Å². The highest BCUT2D eigenvalue weighted by atomic mass is 32.1. The summed E-state index contributed by atoms with van der Waals surface area (Å²) in [6.07, 6.45) is 4.16. The molecule has 1 atom stereocenters. The Morgan fingerprint density at radius 2 is 1.84 bits per heavy atom. The average Bonchev–Trinajstić information content (AvgIpc) is 2.81. The Balaban J connectivity index is 1.70. The zero-order valence-electron chi connectivity index (χ0n) is 15.5. The van der Waals surface area contributed by atoms with Gasteiger partial charge in [-0.2, -0.15) is 0 Å². The number of rotatable bonds is 1. The van der Waals surface area contributed by atoms with Crippen LogP contribution in [0, 0.1) is 11.3 Å². The number of carbonyl (C=O) groups excluding carboxylic acids is 2. The van der Waals surface area contributed by atoms with Crippen molar-refractivity contribution < 1.29 is 9.59 Å². The third kappa shape index (κ3) is 4.00. The summed E-state index contributed by atoms with van der Waals surface area (Å²) in [5, 5.41) is 0. The van der Waals surface area contributed by atoms with Crippen LogP contribution in [0.25, 0.3) is 0 Å². The zero-order valence-corrected chi connectivity index (χ0v) is 16.3. The van der Waals surface area contributed by atoms with Crippen molar-refractivity contribution in [3.05, 3.63) is 21.4 Å². The van der Waals surface area contributed by atoms with E-state index in [1.807, 2.05) is 4.90 Å². The first-order chi connectivity index (χ1) is 11.8. The zero-order chi connectivity index (χ0) is 18.2. The lowest BCUT2D eigenvalue weighted by atomic mass is 9.72.